The number of aromatic nitrogens is 1. The molecule has 176 valence electrons. The standard InChI is InChI=1S/C26H20N2O6S/c1-3-33-25(32)23-14(2)27-26(35-23)28-20(15-9-5-4-6-10-15)19(22(30)24(28)31)21(29)18-13-16-11-7-8-12-17(16)34-18/h4-13,20,30H,3H2,1-2H3. The number of thiazole rings is 1. The summed E-state index contributed by atoms with van der Waals surface area (Å²) in [5.41, 5.74) is 1.38. The molecule has 0 fully saturated rings. The molecule has 1 amide bonds. The molecule has 0 aliphatic carbocycles. The Balaban J connectivity index is 1.62. The topological polar surface area (TPSA) is 110 Å². The fourth-order valence-corrected chi connectivity index (χ4v) is 5.07. The van der Waals surface area contributed by atoms with Gasteiger partial charge in [0.25, 0.3) is 5.91 Å². The lowest BCUT2D eigenvalue weighted by molar-refractivity contribution is -0.117. The minimum Gasteiger partial charge on any atom is -0.503 e. The Labute approximate surface area is 204 Å². The number of anilines is 1. The Bertz CT molecular complexity index is 1470. The number of ketones is 1. The number of furan rings is 1. The van der Waals surface area contributed by atoms with Gasteiger partial charge < -0.3 is 14.3 Å². The Kier molecular flexibility index (Phi) is 5.70. The predicted octanol–water partition coefficient (Wildman–Crippen LogP) is 5.16. The van der Waals surface area contributed by atoms with Crippen LogP contribution in [0.1, 0.15) is 44.4 Å². The van der Waals surface area contributed by atoms with Crippen molar-refractivity contribution in [2.45, 2.75) is 19.9 Å². The van der Waals surface area contributed by atoms with Crippen molar-refractivity contribution < 1.29 is 28.6 Å². The molecule has 4 aromatic rings. The lowest BCUT2D eigenvalue weighted by atomic mass is 9.95. The number of fused-ring (bicyclic) bond motifs is 1. The summed E-state index contributed by atoms with van der Waals surface area (Å²) in [6.45, 7) is 3.53. The second-order valence-corrected chi connectivity index (χ2v) is 8.84. The maximum absolute atomic E-state index is 13.6. The van der Waals surface area contributed by atoms with E-state index in [9.17, 15) is 19.5 Å². The summed E-state index contributed by atoms with van der Waals surface area (Å²) in [7, 11) is 0. The molecule has 2 aromatic heterocycles. The van der Waals surface area contributed by atoms with E-state index in [-0.39, 0.29) is 27.9 Å². The largest absolute Gasteiger partial charge is 0.503 e. The minimum absolute atomic E-state index is 0.00543. The number of carbonyl (C=O) groups excluding carboxylic acids is 3. The van der Waals surface area contributed by atoms with Gasteiger partial charge in [-0.15, -0.1) is 0 Å². The number of hydrogen-bond acceptors (Lipinski definition) is 8. The highest BCUT2D eigenvalue weighted by molar-refractivity contribution is 7.17. The van der Waals surface area contributed by atoms with Gasteiger partial charge in [-0.3, -0.25) is 14.5 Å². The van der Waals surface area contributed by atoms with Crippen molar-refractivity contribution in [3.8, 4) is 0 Å². The number of amides is 1. The van der Waals surface area contributed by atoms with Crippen LogP contribution < -0.4 is 4.90 Å². The van der Waals surface area contributed by atoms with Gasteiger partial charge in [0.1, 0.15) is 10.5 Å². The molecule has 5 rings (SSSR count). The number of aliphatic hydroxyl groups is 1. The number of esters is 1. The summed E-state index contributed by atoms with van der Waals surface area (Å²) in [5.74, 6) is -2.63. The highest BCUT2D eigenvalue weighted by Crippen LogP contribution is 2.44. The van der Waals surface area contributed by atoms with Crippen molar-refractivity contribution >= 4 is 45.1 Å². The van der Waals surface area contributed by atoms with Gasteiger partial charge in [0.15, 0.2) is 16.7 Å². The lowest BCUT2D eigenvalue weighted by Crippen LogP contribution is -2.31. The van der Waals surface area contributed by atoms with Crippen LogP contribution >= 0.6 is 11.3 Å². The molecular formula is C26H20N2O6S. The molecule has 0 radical (unpaired) electrons. The summed E-state index contributed by atoms with van der Waals surface area (Å²) in [4.78, 5) is 45.2. The first-order valence-corrected chi connectivity index (χ1v) is 11.7. The van der Waals surface area contributed by atoms with Crippen molar-refractivity contribution in [1.82, 2.24) is 4.98 Å². The average molecular weight is 489 g/mol. The van der Waals surface area contributed by atoms with E-state index in [1.165, 1.54) is 4.90 Å². The first-order chi connectivity index (χ1) is 16.9. The maximum atomic E-state index is 13.6. The molecule has 1 atom stereocenters. The number of hydrogen-bond donors (Lipinski definition) is 1. The Hall–Kier alpha value is -4.24. The van der Waals surface area contributed by atoms with E-state index in [2.05, 4.69) is 4.98 Å². The van der Waals surface area contributed by atoms with E-state index in [1.807, 2.05) is 6.07 Å². The van der Waals surface area contributed by atoms with Gasteiger partial charge in [-0.2, -0.15) is 0 Å². The number of aliphatic hydroxyl groups excluding tert-OH is 1. The second kappa shape index (κ2) is 8.84. The third-order valence-corrected chi connectivity index (χ3v) is 6.81. The lowest BCUT2D eigenvalue weighted by Gasteiger charge is -2.24. The monoisotopic (exact) mass is 488 g/mol. The van der Waals surface area contributed by atoms with Crippen LogP contribution in [0.25, 0.3) is 11.0 Å². The number of benzene rings is 2. The van der Waals surface area contributed by atoms with Crippen molar-refractivity contribution in [2.75, 3.05) is 11.5 Å². The molecule has 3 heterocycles. The van der Waals surface area contributed by atoms with Crippen LogP contribution in [0.3, 0.4) is 0 Å². The fourth-order valence-electron chi connectivity index (χ4n) is 4.08. The number of nitrogens with zero attached hydrogens (tertiary/aromatic N) is 2. The number of rotatable bonds is 6. The number of Topliss-reactive ketones (excluding diaryl/α,β-unsaturated/α-hetero) is 1. The van der Waals surface area contributed by atoms with E-state index in [1.54, 1.807) is 68.4 Å². The molecule has 2 aromatic carbocycles. The van der Waals surface area contributed by atoms with E-state index >= 15 is 0 Å². The van der Waals surface area contributed by atoms with Crippen molar-refractivity contribution in [2.24, 2.45) is 0 Å². The van der Waals surface area contributed by atoms with Crippen LogP contribution in [0.4, 0.5) is 5.13 Å². The van der Waals surface area contributed by atoms with Gasteiger partial charge in [-0.1, -0.05) is 59.9 Å². The summed E-state index contributed by atoms with van der Waals surface area (Å²) in [5, 5.41) is 11.8. The number of carbonyl (C=O) groups is 3. The Morgan fingerprint density at radius 2 is 1.86 bits per heavy atom. The number of aryl methyl sites for hydroxylation is 1. The Morgan fingerprint density at radius 1 is 1.14 bits per heavy atom. The highest BCUT2D eigenvalue weighted by atomic mass is 32.1. The summed E-state index contributed by atoms with van der Waals surface area (Å²) < 4.78 is 10.8. The van der Waals surface area contributed by atoms with Crippen molar-refractivity contribution in [1.29, 1.82) is 0 Å². The van der Waals surface area contributed by atoms with Crippen molar-refractivity contribution in [3.05, 3.63) is 93.9 Å². The molecule has 9 heteroatoms. The third-order valence-electron chi connectivity index (χ3n) is 5.67. The Morgan fingerprint density at radius 3 is 2.57 bits per heavy atom. The predicted molar refractivity (Wildman–Crippen MR) is 130 cm³/mol. The van der Waals surface area contributed by atoms with E-state index < -0.39 is 29.5 Å². The maximum Gasteiger partial charge on any atom is 0.350 e. The van der Waals surface area contributed by atoms with Crippen LogP contribution in [0.2, 0.25) is 0 Å². The smallest absolute Gasteiger partial charge is 0.350 e. The molecule has 1 aliphatic rings. The van der Waals surface area contributed by atoms with Crippen LogP contribution in [0.5, 0.6) is 0 Å². The van der Waals surface area contributed by atoms with Gasteiger partial charge in [-0.05, 0) is 31.5 Å². The molecule has 1 aliphatic heterocycles. The summed E-state index contributed by atoms with van der Waals surface area (Å²) in [6, 6.07) is 16.6. The van der Waals surface area contributed by atoms with Crippen LogP contribution in [0.15, 0.2) is 76.4 Å². The molecule has 0 saturated heterocycles. The SMILES string of the molecule is CCOC(=O)c1sc(N2C(=O)C(O)=C(C(=O)c3cc4ccccc4o3)C2c2ccccc2)nc1C. The molecule has 1 N–H and O–H groups in total. The van der Waals surface area contributed by atoms with Gasteiger partial charge in [0.05, 0.1) is 23.9 Å². The zero-order chi connectivity index (χ0) is 24.7. The molecule has 0 spiro atoms. The number of para-hydroxylation sites is 1. The minimum atomic E-state index is -0.968. The molecular weight excluding hydrogens is 468 g/mol. The van der Waals surface area contributed by atoms with Gasteiger partial charge >= 0.3 is 5.97 Å². The zero-order valence-electron chi connectivity index (χ0n) is 18.8. The van der Waals surface area contributed by atoms with Gasteiger partial charge in [0, 0.05) is 5.39 Å². The van der Waals surface area contributed by atoms with Crippen LogP contribution in [-0.4, -0.2) is 34.4 Å². The average Bonchev–Trinajstić information content (AvgIpc) is 3.53. The molecule has 35 heavy (non-hydrogen) atoms. The van der Waals surface area contributed by atoms with Crippen molar-refractivity contribution in [3.63, 3.8) is 0 Å². The van der Waals surface area contributed by atoms with E-state index in [0.717, 1.165) is 16.7 Å². The first-order valence-electron chi connectivity index (χ1n) is 10.9. The zero-order valence-corrected chi connectivity index (χ0v) is 19.7. The number of ether oxygens (including phenoxy) is 1. The van der Waals surface area contributed by atoms with E-state index in [0.29, 0.717) is 16.8 Å². The fraction of sp³-hybridized carbons (Fsp3) is 0.154. The molecule has 1 unspecified atom stereocenters. The summed E-state index contributed by atoms with van der Waals surface area (Å²) >= 11 is 0.969. The first kappa shape index (κ1) is 22.5. The molecule has 0 saturated carbocycles. The van der Waals surface area contributed by atoms with Gasteiger partial charge in [0.2, 0.25) is 5.78 Å². The second-order valence-electron chi connectivity index (χ2n) is 7.86. The quantitative estimate of drug-likeness (QED) is 0.295. The van der Waals surface area contributed by atoms with Gasteiger partial charge in [-0.25, -0.2) is 9.78 Å². The summed E-state index contributed by atoms with van der Waals surface area (Å²) in [6.07, 6.45) is 0. The normalized spacial score (nSPS) is 15.8. The van der Waals surface area contributed by atoms with E-state index in [4.69, 9.17) is 9.15 Å². The molecule has 0 bridgehead atoms. The highest BCUT2D eigenvalue weighted by Gasteiger charge is 2.46. The van der Waals surface area contributed by atoms with Crippen LogP contribution in [-0.2, 0) is 9.53 Å². The van der Waals surface area contributed by atoms with Crippen LogP contribution in [0, 0.1) is 6.92 Å². The third kappa shape index (κ3) is 3.79. The molecule has 8 nitrogen and oxygen atoms in total.